The van der Waals surface area contributed by atoms with Gasteiger partial charge in [0.1, 0.15) is 5.82 Å². The van der Waals surface area contributed by atoms with Crippen molar-refractivity contribution in [3.8, 4) is 0 Å². The van der Waals surface area contributed by atoms with Crippen LogP contribution in [0.1, 0.15) is 18.0 Å². The highest BCUT2D eigenvalue weighted by Crippen LogP contribution is 2.43. The van der Waals surface area contributed by atoms with Gasteiger partial charge in [0.05, 0.1) is 6.04 Å². The zero-order valence-corrected chi connectivity index (χ0v) is 10.0. The predicted octanol–water partition coefficient (Wildman–Crippen LogP) is 4.29. The molecule has 1 nitrogen and oxygen atoms in total. The number of anilines is 1. The average Bonchev–Trinajstić information content (AvgIpc) is 2.39. The number of hydrogen-bond donors (Lipinski definition) is 0. The Balaban J connectivity index is 1.91. The second-order valence-electron chi connectivity index (χ2n) is 4.54. The van der Waals surface area contributed by atoms with Crippen LogP contribution < -0.4 is 4.90 Å². The van der Waals surface area contributed by atoms with Gasteiger partial charge < -0.3 is 4.90 Å². The van der Waals surface area contributed by atoms with Gasteiger partial charge in [-0.1, -0.05) is 36.9 Å². The van der Waals surface area contributed by atoms with Gasteiger partial charge in [0.2, 0.25) is 0 Å². The second kappa shape index (κ2) is 4.30. The van der Waals surface area contributed by atoms with E-state index in [1.54, 1.807) is 12.1 Å². The van der Waals surface area contributed by atoms with Crippen molar-refractivity contribution in [1.82, 2.24) is 0 Å². The number of rotatable bonds is 2. The van der Waals surface area contributed by atoms with Crippen LogP contribution in [0.2, 0.25) is 0 Å². The van der Waals surface area contributed by atoms with Crippen LogP contribution in [0.25, 0.3) is 0 Å². The molecule has 2 aromatic carbocycles. The first kappa shape index (κ1) is 11.0. The van der Waals surface area contributed by atoms with Crippen molar-refractivity contribution in [3.05, 3.63) is 78.3 Å². The Morgan fingerprint density at radius 2 is 1.67 bits per heavy atom. The molecule has 1 aliphatic rings. The first-order valence-electron chi connectivity index (χ1n) is 6.03. The molecule has 0 aliphatic carbocycles. The number of nitrogens with zero attached hydrogens (tertiary/aromatic N) is 1. The molecule has 3 rings (SSSR count). The Morgan fingerprint density at radius 3 is 2.28 bits per heavy atom. The van der Waals surface area contributed by atoms with Gasteiger partial charge in [-0.05, 0) is 29.8 Å². The first-order valence-corrected chi connectivity index (χ1v) is 6.03. The van der Waals surface area contributed by atoms with E-state index in [4.69, 9.17) is 0 Å². The lowest BCUT2D eigenvalue weighted by molar-refractivity contribution is 0.547. The van der Waals surface area contributed by atoms with E-state index >= 15 is 0 Å². The highest BCUT2D eigenvalue weighted by atomic mass is 19.1. The summed E-state index contributed by atoms with van der Waals surface area (Å²) >= 11 is 0. The van der Waals surface area contributed by atoms with E-state index in [2.05, 4.69) is 23.6 Å². The maximum atomic E-state index is 12.9. The Morgan fingerprint density at radius 1 is 1.00 bits per heavy atom. The van der Waals surface area contributed by atoms with Crippen molar-refractivity contribution in [3.63, 3.8) is 0 Å². The van der Waals surface area contributed by atoms with E-state index < -0.39 is 0 Å². The molecule has 90 valence electrons. The molecular formula is C16H14FN. The van der Waals surface area contributed by atoms with E-state index in [1.165, 1.54) is 17.7 Å². The van der Waals surface area contributed by atoms with Crippen molar-refractivity contribution in [2.24, 2.45) is 0 Å². The van der Waals surface area contributed by atoms with Crippen molar-refractivity contribution in [2.75, 3.05) is 4.90 Å². The molecule has 0 saturated carbocycles. The minimum atomic E-state index is -0.207. The molecule has 2 aromatic rings. The fraction of sp³-hybridized carbons (Fsp3) is 0.125. The van der Waals surface area contributed by atoms with Crippen molar-refractivity contribution < 1.29 is 4.39 Å². The highest BCUT2D eigenvalue weighted by molar-refractivity contribution is 5.59. The molecule has 18 heavy (non-hydrogen) atoms. The molecule has 0 aromatic heterocycles. The quantitative estimate of drug-likeness (QED) is 0.755. The van der Waals surface area contributed by atoms with Gasteiger partial charge in [0.25, 0.3) is 0 Å². The van der Waals surface area contributed by atoms with Gasteiger partial charge in [-0.2, -0.15) is 0 Å². The molecule has 0 N–H and O–H groups in total. The first-order chi connectivity index (χ1) is 8.75. The molecule has 2 heteroatoms. The molecule has 0 bridgehead atoms. The van der Waals surface area contributed by atoms with Gasteiger partial charge in [0.15, 0.2) is 0 Å². The van der Waals surface area contributed by atoms with E-state index in [0.29, 0.717) is 6.04 Å². The molecule has 1 heterocycles. The Kier molecular flexibility index (Phi) is 2.63. The Hall–Kier alpha value is -2.09. The van der Waals surface area contributed by atoms with E-state index in [0.717, 1.165) is 17.8 Å². The van der Waals surface area contributed by atoms with Crippen LogP contribution in [0, 0.1) is 5.82 Å². The van der Waals surface area contributed by atoms with E-state index in [9.17, 15) is 4.39 Å². The number of hydrogen-bond acceptors (Lipinski definition) is 1. The normalized spacial score (nSPS) is 18.6. The summed E-state index contributed by atoms with van der Waals surface area (Å²) in [4.78, 5) is 2.16. The van der Waals surface area contributed by atoms with Gasteiger partial charge in [0, 0.05) is 17.8 Å². The maximum Gasteiger partial charge on any atom is 0.123 e. The van der Waals surface area contributed by atoms with Crippen LogP contribution in [0.15, 0.2) is 66.9 Å². The minimum absolute atomic E-state index is 0.207. The second-order valence-corrected chi connectivity index (χ2v) is 4.54. The summed E-state index contributed by atoms with van der Waals surface area (Å²) < 4.78 is 12.9. The lowest BCUT2D eigenvalue weighted by Crippen LogP contribution is -2.38. The third kappa shape index (κ3) is 1.80. The molecule has 1 aliphatic heterocycles. The van der Waals surface area contributed by atoms with Gasteiger partial charge >= 0.3 is 0 Å². The highest BCUT2D eigenvalue weighted by Gasteiger charge is 2.33. The van der Waals surface area contributed by atoms with Crippen molar-refractivity contribution in [1.29, 1.82) is 0 Å². The smallest absolute Gasteiger partial charge is 0.123 e. The summed E-state index contributed by atoms with van der Waals surface area (Å²) in [6, 6.07) is 17.2. The summed E-state index contributed by atoms with van der Waals surface area (Å²) in [6.07, 6.45) is 0.960. The molecule has 0 spiro atoms. The van der Waals surface area contributed by atoms with Gasteiger partial charge in [-0.15, -0.1) is 0 Å². The summed E-state index contributed by atoms with van der Waals surface area (Å²) in [5, 5.41) is 0. The lowest BCUT2D eigenvalue weighted by Gasteiger charge is -2.45. The summed E-state index contributed by atoms with van der Waals surface area (Å²) in [5.74, 6) is -0.207. The summed E-state index contributed by atoms with van der Waals surface area (Å²) in [5.41, 5.74) is 3.35. The van der Waals surface area contributed by atoms with Crippen LogP contribution in [-0.2, 0) is 0 Å². The topological polar surface area (TPSA) is 3.24 Å². The fourth-order valence-corrected chi connectivity index (χ4v) is 2.43. The van der Waals surface area contributed by atoms with Crippen molar-refractivity contribution in [2.45, 2.75) is 12.5 Å². The van der Waals surface area contributed by atoms with Crippen LogP contribution in [0.5, 0.6) is 0 Å². The summed E-state index contributed by atoms with van der Waals surface area (Å²) in [6.45, 7) is 4.05. The summed E-state index contributed by atoms with van der Waals surface area (Å²) in [7, 11) is 0. The molecule has 0 amide bonds. The van der Waals surface area contributed by atoms with E-state index in [1.807, 2.05) is 18.2 Å². The third-order valence-corrected chi connectivity index (χ3v) is 3.37. The zero-order chi connectivity index (χ0) is 12.5. The lowest BCUT2D eigenvalue weighted by atomic mass is 9.91. The Labute approximate surface area is 106 Å². The van der Waals surface area contributed by atoms with Gasteiger partial charge in [-0.25, -0.2) is 4.39 Å². The van der Waals surface area contributed by atoms with Crippen LogP contribution in [0.3, 0.4) is 0 Å². The molecule has 1 atom stereocenters. The zero-order valence-electron chi connectivity index (χ0n) is 10.0. The van der Waals surface area contributed by atoms with Crippen molar-refractivity contribution >= 4 is 5.69 Å². The Bertz CT molecular complexity index is 559. The number of halogens is 1. The maximum absolute atomic E-state index is 12.9. The SMILES string of the molecule is C=C1CC(c2ccccc2)N1c1ccc(F)cc1. The van der Waals surface area contributed by atoms with Crippen LogP contribution >= 0.6 is 0 Å². The molecule has 1 fully saturated rings. The van der Waals surface area contributed by atoms with E-state index in [-0.39, 0.29) is 5.82 Å². The fourth-order valence-electron chi connectivity index (χ4n) is 2.43. The van der Waals surface area contributed by atoms with Crippen LogP contribution in [-0.4, -0.2) is 0 Å². The average molecular weight is 239 g/mol. The minimum Gasteiger partial charge on any atom is -0.338 e. The standard InChI is InChI=1S/C16H14FN/c1-12-11-16(13-5-3-2-4-6-13)18(12)15-9-7-14(17)8-10-15/h2-10,16H,1,11H2. The third-order valence-electron chi connectivity index (χ3n) is 3.37. The molecule has 1 unspecified atom stereocenters. The number of benzene rings is 2. The van der Waals surface area contributed by atoms with Crippen LogP contribution in [0.4, 0.5) is 10.1 Å². The van der Waals surface area contributed by atoms with Gasteiger partial charge in [-0.3, -0.25) is 0 Å². The largest absolute Gasteiger partial charge is 0.338 e. The predicted molar refractivity (Wildman–Crippen MR) is 71.8 cm³/mol. The monoisotopic (exact) mass is 239 g/mol. The molecular weight excluding hydrogens is 225 g/mol. The molecule has 0 radical (unpaired) electrons. The molecule has 1 saturated heterocycles.